The molecule has 0 rings (SSSR count). The molecule has 4 atom stereocenters. The predicted octanol–water partition coefficient (Wildman–Crippen LogP) is -2.97. The van der Waals surface area contributed by atoms with Crippen molar-refractivity contribution >= 4 is 35.6 Å². The molecule has 0 saturated heterocycles. The Morgan fingerprint density at radius 2 is 1.15 bits per heavy atom. The molecule has 0 radical (unpaired) electrons. The number of nitrogens with zero attached hydrogens (tertiary/aromatic N) is 1. The number of rotatable bonds is 22. The Hall–Kier alpha value is -3.50. The van der Waals surface area contributed by atoms with Crippen LogP contribution in [0.25, 0.3) is 0 Å². The van der Waals surface area contributed by atoms with Crippen LogP contribution >= 0.6 is 0 Å². The summed E-state index contributed by atoms with van der Waals surface area (Å²) in [6, 6.07) is -4.59. The van der Waals surface area contributed by atoms with Crippen molar-refractivity contribution in [1.29, 1.82) is 0 Å². The zero-order chi connectivity index (χ0) is 29.8. The Bertz CT molecular complexity index is 822. The molecule has 0 aliphatic rings. The summed E-state index contributed by atoms with van der Waals surface area (Å²) in [5, 5.41) is 25.7. The van der Waals surface area contributed by atoms with E-state index in [1.807, 2.05) is 0 Å². The number of hydrogen-bond acceptors (Lipinski definition) is 9. The standard InChI is InChI=1S/C23H45N9O7/c24-11-3-1-6-14(26)19(35)30-15(7-2-4-12-25)20(36)31-16(8-5-13-29-23(27)28)21(37)32-17(22(38)39)9-10-18(33)34/h14-17H,1-13,24-26H2,(H,30,35)(H,31,36)(H,32,37)(H,33,34)(H,38,39)(H4,27,28,29). The van der Waals surface area contributed by atoms with E-state index in [-0.39, 0.29) is 38.2 Å². The van der Waals surface area contributed by atoms with Crippen LogP contribution < -0.4 is 44.6 Å². The molecule has 0 saturated carbocycles. The number of hydrogen-bond donors (Lipinski definition) is 10. The second-order valence-electron chi connectivity index (χ2n) is 9.08. The Labute approximate surface area is 227 Å². The highest BCUT2D eigenvalue weighted by atomic mass is 16.4. The fourth-order valence-corrected chi connectivity index (χ4v) is 3.52. The van der Waals surface area contributed by atoms with Crippen LogP contribution in [0.3, 0.4) is 0 Å². The van der Waals surface area contributed by atoms with Crippen LogP contribution in [-0.2, 0) is 24.0 Å². The van der Waals surface area contributed by atoms with Gasteiger partial charge in [0.2, 0.25) is 17.7 Å². The van der Waals surface area contributed by atoms with Gasteiger partial charge in [-0.15, -0.1) is 0 Å². The minimum absolute atomic E-state index is 0.0295. The summed E-state index contributed by atoms with van der Waals surface area (Å²) < 4.78 is 0. The fourth-order valence-electron chi connectivity index (χ4n) is 3.52. The van der Waals surface area contributed by atoms with Gasteiger partial charge in [-0.1, -0.05) is 6.42 Å². The average Bonchev–Trinajstić information content (AvgIpc) is 2.86. The third kappa shape index (κ3) is 16.9. The molecule has 16 nitrogen and oxygen atoms in total. The van der Waals surface area contributed by atoms with Crippen molar-refractivity contribution in [1.82, 2.24) is 16.0 Å². The topological polar surface area (TPSA) is 304 Å². The van der Waals surface area contributed by atoms with Gasteiger partial charge in [0.15, 0.2) is 5.96 Å². The number of nitrogens with two attached hydrogens (primary N) is 5. The van der Waals surface area contributed by atoms with E-state index in [0.29, 0.717) is 45.2 Å². The summed E-state index contributed by atoms with van der Waals surface area (Å²) in [5.74, 6) is -4.86. The number of nitrogens with one attached hydrogen (secondary N) is 3. The molecule has 16 heteroatoms. The molecule has 0 heterocycles. The summed E-state index contributed by atoms with van der Waals surface area (Å²) in [7, 11) is 0. The zero-order valence-electron chi connectivity index (χ0n) is 22.3. The van der Waals surface area contributed by atoms with E-state index in [1.54, 1.807) is 0 Å². The second-order valence-corrected chi connectivity index (χ2v) is 9.08. The molecule has 0 aromatic heterocycles. The summed E-state index contributed by atoms with van der Waals surface area (Å²) in [6.07, 6.45) is 2.47. The molecule has 0 aliphatic heterocycles. The van der Waals surface area contributed by atoms with Crippen LogP contribution in [0.2, 0.25) is 0 Å². The molecule has 3 amide bonds. The third-order valence-electron chi connectivity index (χ3n) is 5.73. The SMILES string of the molecule is NCCCCC(N)C(=O)NC(CCCCN)C(=O)NC(CCCN=C(N)N)C(=O)NC(CCC(=O)O)C(=O)O. The first-order valence-electron chi connectivity index (χ1n) is 13.0. The van der Waals surface area contributed by atoms with E-state index in [1.165, 1.54) is 0 Å². The van der Waals surface area contributed by atoms with Gasteiger partial charge in [-0.3, -0.25) is 24.2 Å². The lowest BCUT2D eigenvalue weighted by molar-refractivity contribution is -0.143. The lowest BCUT2D eigenvalue weighted by Gasteiger charge is -2.25. The maximum atomic E-state index is 13.2. The molecule has 0 fully saturated rings. The molecule has 0 aromatic rings. The van der Waals surface area contributed by atoms with Crippen LogP contribution in [0.5, 0.6) is 0 Å². The molecular formula is C23H45N9O7. The third-order valence-corrected chi connectivity index (χ3v) is 5.73. The minimum Gasteiger partial charge on any atom is -0.481 e. The first-order valence-corrected chi connectivity index (χ1v) is 13.0. The number of carboxylic acid groups (broad SMARTS) is 2. The van der Waals surface area contributed by atoms with Crippen molar-refractivity contribution in [2.24, 2.45) is 33.7 Å². The average molecular weight is 560 g/mol. The number of unbranched alkanes of at least 4 members (excludes halogenated alkanes) is 2. The number of carboxylic acids is 2. The van der Waals surface area contributed by atoms with Gasteiger partial charge in [-0.2, -0.15) is 0 Å². The molecule has 0 aliphatic carbocycles. The maximum Gasteiger partial charge on any atom is 0.326 e. The van der Waals surface area contributed by atoms with Crippen LogP contribution in [0, 0.1) is 0 Å². The number of aliphatic imine (C=N–C) groups is 1. The number of carbonyl (C=O) groups excluding carboxylic acids is 3. The molecule has 39 heavy (non-hydrogen) atoms. The number of aliphatic carboxylic acids is 2. The summed E-state index contributed by atoms with van der Waals surface area (Å²) >= 11 is 0. The molecular weight excluding hydrogens is 514 g/mol. The van der Waals surface area contributed by atoms with Crippen molar-refractivity contribution in [2.75, 3.05) is 19.6 Å². The van der Waals surface area contributed by atoms with E-state index in [9.17, 15) is 29.1 Å². The summed E-state index contributed by atoms with van der Waals surface area (Å²) in [5.41, 5.74) is 27.6. The van der Waals surface area contributed by atoms with E-state index < -0.39 is 60.2 Å². The highest BCUT2D eigenvalue weighted by Crippen LogP contribution is 2.07. The Balaban J connectivity index is 5.62. The Morgan fingerprint density at radius 1 is 0.667 bits per heavy atom. The van der Waals surface area contributed by atoms with Gasteiger partial charge in [0.1, 0.15) is 18.1 Å². The van der Waals surface area contributed by atoms with Crippen molar-refractivity contribution in [2.45, 2.75) is 88.4 Å². The van der Waals surface area contributed by atoms with E-state index >= 15 is 0 Å². The molecule has 0 aromatic carbocycles. The molecule has 0 spiro atoms. The zero-order valence-corrected chi connectivity index (χ0v) is 22.3. The van der Waals surface area contributed by atoms with Gasteiger partial charge in [-0.25, -0.2) is 4.79 Å². The molecule has 4 unspecified atom stereocenters. The van der Waals surface area contributed by atoms with Gasteiger partial charge in [0.25, 0.3) is 0 Å². The molecule has 0 bridgehead atoms. The van der Waals surface area contributed by atoms with E-state index in [0.717, 1.165) is 0 Å². The predicted molar refractivity (Wildman–Crippen MR) is 144 cm³/mol. The number of guanidine groups is 1. The molecule has 224 valence electrons. The smallest absolute Gasteiger partial charge is 0.326 e. The van der Waals surface area contributed by atoms with Crippen molar-refractivity contribution in [3.8, 4) is 0 Å². The van der Waals surface area contributed by atoms with Gasteiger partial charge < -0.3 is 54.8 Å². The highest BCUT2D eigenvalue weighted by molar-refractivity contribution is 5.94. The van der Waals surface area contributed by atoms with Gasteiger partial charge >= 0.3 is 11.9 Å². The quantitative estimate of drug-likeness (QED) is 0.0361. The van der Waals surface area contributed by atoms with Crippen molar-refractivity contribution < 1.29 is 34.2 Å². The normalized spacial score (nSPS) is 13.8. The summed E-state index contributed by atoms with van der Waals surface area (Å²) in [4.78, 5) is 65.0. The molecule has 15 N–H and O–H groups in total. The van der Waals surface area contributed by atoms with Crippen molar-refractivity contribution in [3.05, 3.63) is 0 Å². The summed E-state index contributed by atoms with van der Waals surface area (Å²) in [6.45, 7) is 0.978. The first-order chi connectivity index (χ1) is 18.4. The van der Waals surface area contributed by atoms with Gasteiger partial charge in [0.05, 0.1) is 6.04 Å². The lowest BCUT2D eigenvalue weighted by atomic mass is 10.0. The van der Waals surface area contributed by atoms with E-state index in [4.69, 9.17) is 33.8 Å². The minimum atomic E-state index is -1.49. The van der Waals surface area contributed by atoms with Crippen LogP contribution in [0.15, 0.2) is 4.99 Å². The fraction of sp³-hybridized carbons (Fsp3) is 0.739. The number of amides is 3. The highest BCUT2D eigenvalue weighted by Gasteiger charge is 2.30. The van der Waals surface area contributed by atoms with Gasteiger partial charge in [0, 0.05) is 13.0 Å². The van der Waals surface area contributed by atoms with Crippen LogP contribution in [0.1, 0.15) is 64.2 Å². The van der Waals surface area contributed by atoms with E-state index in [2.05, 4.69) is 20.9 Å². The second kappa shape index (κ2) is 20.5. The number of carbonyl (C=O) groups is 5. The Morgan fingerprint density at radius 3 is 1.64 bits per heavy atom. The maximum absolute atomic E-state index is 13.2. The van der Waals surface area contributed by atoms with Crippen LogP contribution in [-0.4, -0.2) is 89.6 Å². The van der Waals surface area contributed by atoms with Crippen molar-refractivity contribution in [3.63, 3.8) is 0 Å². The monoisotopic (exact) mass is 559 g/mol. The lowest BCUT2D eigenvalue weighted by Crippen LogP contribution is -2.57. The van der Waals surface area contributed by atoms with Gasteiger partial charge in [-0.05, 0) is 64.5 Å². The van der Waals surface area contributed by atoms with Crippen LogP contribution in [0.4, 0.5) is 0 Å². The first kappa shape index (κ1) is 35.5. The largest absolute Gasteiger partial charge is 0.481 e. The Kier molecular flexibility index (Phi) is 18.6.